The van der Waals surface area contributed by atoms with Gasteiger partial charge in [0.05, 0.1) is 18.4 Å². The zero-order chi connectivity index (χ0) is 22.8. The van der Waals surface area contributed by atoms with Crippen molar-refractivity contribution in [2.24, 2.45) is 0 Å². The van der Waals surface area contributed by atoms with E-state index in [9.17, 15) is 9.59 Å². The highest BCUT2D eigenvalue weighted by molar-refractivity contribution is 6.36. The van der Waals surface area contributed by atoms with E-state index in [1.807, 2.05) is 36.4 Å². The van der Waals surface area contributed by atoms with Crippen molar-refractivity contribution >= 4 is 28.6 Å². The first-order valence-corrected chi connectivity index (χ1v) is 11.2. The van der Waals surface area contributed by atoms with Gasteiger partial charge in [-0.3, -0.25) is 9.59 Å². The highest BCUT2D eigenvalue weighted by atomic mass is 16.5. The molecule has 0 radical (unpaired) electrons. The van der Waals surface area contributed by atoms with Crippen molar-refractivity contribution < 1.29 is 14.3 Å². The number of hydrogen-bond donors (Lipinski definition) is 2. The molecule has 2 aromatic rings. The van der Waals surface area contributed by atoms with Crippen molar-refractivity contribution in [1.29, 1.82) is 0 Å². The van der Waals surface area contributed by atoms with Crippen LogP contribution < -0.4 is 15.4 Å². The molecule has 1 aliphatic carbocycles. The van der Waals surface area contributed by atoms with Crippen molar-refractivity contribution in [3.8, 4) is 5.75 Å². The Bertz CT molecular complexity index is 1050. The maximum Gasteiger partial charge on any atom is 0.258 e. The van der Waals surface area contributed by atoms with Crippen molar-refractivity contribution in [3.63, 3.8) is 0 Å². The number of fused-ring (bicyclic) bond motifs is 1. The Morgan fingerprint density at radius 1 is 1.03 bits per heavy atom. The Morgan fingerprint density at radius 2 is 1.69 bits per heavy atom. The molecule has 168 valence electrons. The van der Waals surface area contributed by atoms with Crippen LogP contribution >= 0.6 is 0 Å². The third kappa shape index (κ3) is 4.41. The molecule has 0 saturated heterocycles. The molecule has 2 N–H and O–H groups in total. The minimum atomic E-state index is -0.152. The number of anilines is 1. The summed E-state index contributed by atoms with van der Waals surface area (Å²) in [4.78, 5) is 27.4. The maximum atomic E-state index is 13.1. The number of carbonyl (C=O) groups excluding carboxylic acids is 2. The number of ketones is 1. The third-order valence-corrected chi connectivity index (χ3v) is 6.57. The summed E-state index contributed by atoms with van der Waals surface area (Å²) in [5.41, 5.74) is 4.41. The number of benzene rings is 2. The van der Waals surface area contributed by atoms with Crippen LogP contribution in [0.2, 0.25) is 0 Å². The Kier molecular flexibility index (Phi) is 6.33. The second-order valence-corrected chi connectivity index (χ2v) is 8.86. The summed E-state index contributed by atoms with van der Waals surface area (Å²) in [5, 5.41) is 6.67. The standard InChI is InChI=1S/C26H31N3O3/c1-16(30)18-7-14-23-22(15-18)24(26(31)28-23)25(17-5-12-21(32-4)13-6-17)27-19-8-10-20(11-9-19)29(2)3/h5-7,12-15,19-20,27H,8-11H2,1-4H3,(H,28,31)/t19-,20-. The van der Waals surface area contributed by atoms with Gasteiger partial charge in [-0.05, 0) is 94.7 Å². The molecule has 1 saturated carbocycles. The number of rotatable bonds is 6. The van der Waals surface area contributed by atoms with Gasteiger partial charge in [-0.2, -0.15) is 0 Å². The molecule has 6 nitrogen and oxygen atoms in total. The van der Waals surface area contributed by atoms with Crippen LogP contribution in [0.25, 0.3) is 11.3 Å². The molecule has 0 atom stereocenters. The molecule has 1 heterocycles. The van der Waals surface area contributed by atoms with Crippen molar-refractivity contribution in [2.45, 2.75) is 44.7 Å². The van der Waals surface area contributed by atoms with E-state index >= 15 is 0 Å². The van der Waals surface area contributed by atoms with Gasteiger partial charge in [-0.25, -0.2) is 0 Å². The molecular weight excluding hydrogens is 402 g/mol. The molecule has 4 rings (SSSR count). The summed E-state index contributed by atoms with van der Waals surface area (Å²) < 4.78 is 5.32. The Hall–Kier alpha value is -3.12. The highest BCUT2D eigenvalue weighted by Crippen LogP contribution is 2.38. The van der Waals surface area contributed by atoms with E-state index in [0.717, 1.165) is 53.9 Å². The first-order chi connectivity index (χ1) is 15.4. The van der Waals surface area contributed by atoms with Gasteiger partial charge in [0.25, 0.3) is 5.91 Å². The van der Waals surface area contributed by atoms with Crippen LogP contribution in [0, 0.1) is 0 Å². The molecule has 1 aliphatic heterocycles. The van der Waals surface area contributed by atoms with Crippen molar-refractivity contribution in [2.75, 3.05) is 26.5 Å². The summed E-state index contributed by atoms with van der Waals surface area (Å²) in [6.45, 7) is 1.54. The fourth-order valence-electron chi connectivity index (χ4n) is 4.63. The minimum absolute atomic E-state index is 0.0209. The lowest BCUT2D eigenvalue weighted by Gasteiger charge is -2.34. The van der Waals surface area contributed by atoms with Gasteiger partial charge in [-0.1, -0.05) is 0 Å². The van der Waals surface area contributed by atoms with Gasteiger partial charge < -0.3 is 20.3 Å². The number of ether oxygens (including phenoxy) is 1. The summed E-state index contributed by atoms with van der Waals surface area (Å²) in [6.07, 6.45) is 4.32. The largest absolute Gasteiger partial charge is 0.497 e. The monoisotopic (exact) mass is 433 g/mol. The summed E-state index contributed by atoms with van der Waals surface area (Å²) >= 11 is 0. The van der Waals surface area contributed by atoms with Crippen molar-refractivity contribution in [1.82, 2.24) is 10.2 Å². The minimum Gasteiger partial charge on any atom is -0.497 e. The molecule has 0 bridgehead atoms. The first-order valence-electron chi connectivity index (χ1n) is 11.2. The lowest BCUT2D eigenvalue weighted by atomic mass is 9.89. The predicted octanol–water partition coefficient (Wildman–Crippen LogP) is 4.18. The average Bonchev–Trinajstić information content (AvgIpc) is 3.12. The molecular formula is C26H31N3O3. The SMILES string of the molecule is COc1ccc(C(N[C@H]2CC[C@H](N(C)C)CC2)=C2C(=O)Nc3ccc(C(C)=O)cc32)cc1. The first kappa shape index (κ1) is 22.1. The predicted molar refractivity (Wildman–Crippen MR) is 128 cm³/mol. The van der Waals surface area contributed by atoms with Gasteiger partial charge in [-0.15, -0.1) is 0 Å². The molecule has 1 fully saturated rings. The average molecular weight is 434 g/mol. The maximum absolute atomic E-state index is 13.1. The summed E-state index contributed by atoms with van der Waals surface area (Å²) in [5.74, 6) is 0.591. The fraction of sp³-hybridized carbons (Fsp3) is 0.385. The molecule has 0 spiro atoms. The van der Waals surface area contributed by atoms with Crippen LogP contribution in [0.3, 0.4) is 0 Å². The van der Waals surface area contributed by atoms with Crippen LogP contribution in [0.15, 0.2) is 42.5 Å². The molecule has 2 aliphatic rings. The smallest absolute Gasteiger partial charge is 0.258 e. The Labute approximate surface area is 189 Å². The van der Waals surface area contributed by atoms with Gasteiger partial charge >= 0.3 is 0 Å². The highest BCUT2D eigenvalue weighted by Gasteiger charge is 2.31. The summed E-state index contributed by atoms with van der Waals surface area (Å²) in [6, 6.07) is 14.0. The Balaban J connectivity index is 1.76. The Morgan fingerprint density at radius 3 is 2.28 bits per heavy atom. The summed E-state index contributed by atoms with van der Waals surface area (Å²) in [7, 11) is 5.91. The number of nitrogens with zero attached hydrogens (tertiary/aromatic N) is 1. The van der Waals surface area contributed by atoms with Crippen LogP contribution in [-0.2, 0) is 4.79 Å². The molecule has 0 unspecified atom stereocenters. The van der Waals surface area contributed by atoms with E-state index in [2.05, 4.69) is 29.6 Å². The topological polar surface area (TPSA) is 70.7 Å². The quantitative estimate of drug-likeness (QED) is 0.528. The van der Waals surface area contributed by atoms with E-state index in [0.29, 0.717) is 17.2 Å². The van der Waals surface area contributed by atoms with E-state index in [-0.39, 0.29) is 17.7 Å². The second kappa shape index (κ2) is 9.17. The molecule has 32 heavy (non-hydrogen) atoms. The number of methoxy groups -OCH3 is 1. The van der Waals surface area contributed by atoms with E-state index in [4.69, 9.17) is 4.74 Å². The number of hydrogen-bond acceptors (Lipinski definition) is 5. The second-order valence-electron chi connectivity index (χ2n) is 8.86. The molecule has 2 aromatic carbocycles. The van der Waals surface area contributed by atoms with E-state index in [1.165, 1.54) is 0 Å². The number of Topliss-reactive ketones (excluding diaryl/α,β-unsaturated/α-hetero) is 1. The zero-order valence-corrected chi connectivity index (χ0v) is 19.2. The van der Waals surface area contributed by atoms with E-state index in [1.54, 1.807) is 20.1 Å². The zero-order valence-electron chi connectivity index (χ0n) is 19.2. The van der Waals surface area contributed by atoms with Crippen LogP contribution in [0.5, 0.6) is 5.75 Å². The van der Waals surface area contributed by atoms with Crippen LogP contribution in [0.4, 0.5) is 5.69 Å². The van der Waals surface area contributed by atoms with Gasteiger partial charge in [0.1, 0.15) is 5.75 Å². The van der Waals surface area contributed by atoms with E-state index < -0.39 is 0 Å². The van der Waals surface area contributed by atoms with Crippen LogP contribution in [-0.4, -0.2) is 49.9 Å². The number of amides is 1. The van der Waals surface area contributed by atoms with Crippen molar-refractivity contribution in [3.05, 3.63) is 59.2 Å². The number of carbonyl (C=O) groups is 2. The molecule has 1 amide bonds. The van der Waals surface area contributed by atoms with Gasteiger partial charge in [0.2, 0.25) is 0 Å². The lowest BCUT2D eigenvalue weighted by molar-refractivity contribution is -0.110. The fourth-order valence-corrected chi connectivity index (χ4v) is 4.63. The van der Waals surface area contributed by atoms with Gasteiger partial charge in [0.15, 0.2) is 5.78 Å². The lowest BCUT2D eigenvalue weighted by Crippen LogP contribution is -2.39. The van der Waals surface area contributed by atoms with Crippen LogP contribution in [0.1, 0.15) is 54.1 Å². The molecule has 0 aromatic heterocycles. The van der Waals surface area contributed by atoms with Gasteiger partial charge in [0, 0.05) is 28.9 Å². The normalized spacial score (nSPS) is 21.7. The molecule has 6 heteroatoms. The number of nitrogens with one attached hydrogen (secondary N) is 2. The third-order valence-electron chi connectivity index (χ3n) is 6.57.